The molecule has 2 N–H and O–H groups in total. The molecule has 35 heavy (non-hydrogen) atoms. The maximum atomic E-state index is 14.6. The van der Waals surface area contributed by atoms with Gasteiger partial charge in [0.15, 0.2) is 23.0 Å². The van der Waals surface area contributed by atoms with Gasteiger partial charge in [-0.2, -0.15) is 4.52 Å². The number of aromatic nitrogens is 4. The van der Waals surface area contributed by atoms with Crippen molar-refractivity contribution in [3.05, 3.63) is 47.5 Å². The number of rotatable bonds is 7. The van der Waals surface area contributed by atoms with Crippen LogP contribution >= 0.6 is 0 Å². The van der Waals surface area contributed by atoms with Crippen molar-refractivity contribution in [3.8, 4) is 17.2 Å². The number of anilines is 1. The molecule has 2 unspecified atom stereocenters. The quantitative estimate of drug-likeness (QED) is 0.413. The molecule has 4 aromatic rings. The summed E-state index contributed by atoms with van der Waals surface area (Å²) < 4.78 is 32.3. The van der Waals surface area contributed by atoms with Crippen LogP contribution in [0.1, 0.15) is 30.7 Å². The van der Waals surface area contributed by atoms with E-state index in [4.69, 9.17) is 29.3 Å². The number of hydrogen-bond donors (Lipinski definition) is 2. The summed E-state index contributed by atoms with van der Waals surface area (Å²) >= 11 is 0. The first-order chi connectivity index (χ1) is 17.0. The fourth-order valence-electron chi connectivity index (χ4n) is 4.59. The van der Waals surface area contributed by atoms with E-state index in [1.54, 1.807) is 24.8 Å². The Balaban J connectivity index is 1.59. The van der Waals surface area contributed by atoms with Gasteiger partial charge in [0, 0.05) is 42.1 Å². The summed E-state index contributed by atoms with van der Waals surface area (Å²) in [7, 11) is 4.67. The van der Waals surface area contributed by atoms with Crippen molar-refractivity contribution < 1.29 is 18.6 Å². The maximum absolute atomic E-state index is 14.6. The van der Waals surface area contributed by atoms with Crippen LogP contribution in [0.2, 0.25) is 0 Å². The molecule has 2 aromatic carbocycles. The fourth-order valence-corrected chi connectivity index (χ4v) is 4.59. The Morgan fingerprint density at radius 3 is 2.63 bits per heavy atom. The minimum atomic E-state index is -0.468. The fraction of sp³-hybridized carbons (Fsp3) is 0.400. The number of fused-ring (bicyclic) bond motifs is 3. The molecule has 10 heteroatoms. The van der Waals surface area contributed by atoms with Crippen LogP contribution in [0.3, 0.4) is 0 Å². The summed E-state index contributed by atoms with van der Waals surface area (Å²) in [6.07, 6.45) is 0.989. The van der Waals surface area contributed by atoms with Crippen molar-refractivity contribution in [3.63, 3.8) is 0 Å². The van der Waals surface area contributed by atoms with E-state index >= 15 is 0 Å². The van der Waals surface area contributed by atoms with Crippen LogP contribution in [0.15, 0.2) is 30.3 Å². The molecule has 184 valence electrons. The molecule has 5 rings (SSSR count). The number of nitrogens with one attached hydrogen (secondary N) is 2. The van der Waals surface area contributed by atoms with E-state index in [9.17, 15) is 4.39 Å². The molecule has 0 aliphatic carbocycles. The standard InChI is InChI=1S/C25H29FN6O3/c1-14-7-16(12-27-11-14)23-30-24-18-9-19(26)22(35-4)10-20(18)29-25(32(24)31-23)28-13-15-5-6-17(33-2)8-21(15)34-3/h5-6,8-10,14,16,27H,7,11-13H2,1-4H3,(H,28,29). The molecule has 0 bridgehead atoms. The van der Waals surface area contributed by atoms with E-state index in [1.165, 1.54) is 13.2 Å². The maximum Gasteiger partial charge on any atom is 0.226 e. The molecule has 9 nitrogen and oxygen atoms in total. The Morgan fingerprint density at radius 1 is 1.06 bits per heavy atom. The van der Waals surface area contributed by atoms with Crippen molar-refractivity contribution >= 4 is 22.5 Å². The highest BCUT2D eigenvalue weighted by Gasteiger charge is 2.25. The lowest BCUT2D eigenvalue weighted by Crippen LogP contribution is -2.34. The number of ether oxygens (including phenoxy) is 3. The molecule has 1 aliphatic heterocycles. The molecule has 0 saturated carbocycles. The van der Waals surface area contributed by atoms with Crippen LogP contribution < -0.4 is 24.8 Å². The highest BCUT2D eigenvalue weighted by atomic mass is 19.1. The lowest BCUT2D eigenvalue weighted by Gasteiger charge is -2.25. The first kappa shape index (κ1) is 23.1. The van der Waals surface area contributed by atoms with Gasteiger partial charge in [-0.3, -0.25) is 0 Å². The number of methoxy groups -OCH3 is 3. The molecule has 2 aromatic heterocycles. The molecule has 0 radical (unpaired) electrons. The minimum absolute atomic E-state index is 0.127. The van der Waals surface area contributed by atoms with Crippen molar-refractivity contribution in [1.29, 1.82) is 0 Å². The van der Waals surface area contributed by atoms with Crippen molar-refractivity contribution in [2.45, 2.75) is 25.8 Å². The third-order valence-electron chi connectivity index (χ3n) is 6.43. The van der Waals surface area contributed by atoms with Gasteiger partial charge in [-0.15, -0.1) is 5.10 Å². The average molecular weight is 481 g/mol. The number of benzene rings is 2. The lowest BCUT2D eigenvalue weighted by atomic mass is 9.91. The highest BCUT2D eigenvalue weighted by Crippen LogP contribution is 2.31. The van der Waals surface area contributed by atoms with E-state index in [1.807, 2.05) is 18.2 Å². The largest absolute Gasteiger partial charge is 0.497 e. The van der Waals surface area contributed by atoms with Gasteiger partial charge < -0.3 is 24.8 Å². The molecule has 1 aliphatic rings. The van der Waals surface area contributed by atoms with Gasteiger partial charge >= 0.3 is 0 Å². The van der Waals surface area contributed by atoms with Gasteiger partial charge in [0.25, 0.3) is 0 Å². The summed E-state index contributed by atoms with van der Waals surface area (Å²) in [5.41, 5.74) is 2.04. The third kappa shape index (κ3) is 4.41. The number of hydrogen-bond acceptors (Lipinski definition) is 8. The Labute approximate surface area is 202 Å². The van der Waals surface area contributed by atoms with E-state index in [2.05, 4.69) is 17.6 Å². The lowest BCUT2D eigenvalue weighted by molar-refractivity contribution is 0.355. The zero-order valence-corrected chi connectivity index (χ0v) is 20.3. The summed E-state index contributed by atoms with van der Waals surface area (Å²) in [5, 5.41) is 12.2. The van der Waals surface area contributed by atoms with E-state index < -0.39 is 5.82 Å². The van der Waals surface area contributed by atoms with E-state index in [0.717, 1.165) is 30.9 Å². The minimum Gasteiger partial charge on any atom is -0.497 e. The molecule has 1 fully saturated rings. The van der Waals surface area contributed by atoms with Crippen LogP contribution in [-0.2, 0) is 6.54 Å². The van der Waals surface area contributed by atoms with Crippen molar-refractivity contribution in [2.24, 2.45) is 5.92 Å². The molecular formula is C25H29FN6O3. The van der Waals surface area contributed by atoms with Crippen LogP contribution in [0, 0.1) is 11.7 Å². The molecule has 3 heterocycles. The predicted molar refractivity (Wildman–Crippen MR) is 131 cm³/mol. The monoisotopic (exact) mass is 480 g/mol. The highest BCUT2D eigenvalue weighted by molar-refractivity contribution is 5.93. The SMILES string of the molecule is COc1ccc(CNc2nc3cc(OC)c(F)cc3c3nc(C4CNCC(C)C4)nn23)c(OC)c1. The second-order valence-corrected chi connectivity index (χ2v) is 8.87. The number of nitrogens with zero attached hydrogens (tertiary/aromatic N) is 4. The average Bonchev–Trinajstić information content (AvgIpc) is 3.33. The summed E-state index contributed by atoms with van der Waals surface area (Å²) in [4.78, 5) is 9.60. The Bertz CT molecular complexity index is 1370. The van der Waals surface area contributed by atoms with Crippen LogP contribution in [0.4, 0.5) is 10.3 Å². The molecular weight excluding hydrogens is 451 g/mol. The molecule has 0 amide bonds. The molecule has 1 saturated heterocycles. The smallest absolute Gasteiger partial charge is 0.226 e. The number of piperidine rings is 1. The third-order valence-corrected chi connectivity index (χ3v) is 6.43. The Morgan fingerprint density at radius 2 is 1.89 bits per heavy atom. The van der Waals surface area contributed by atoms with E-state index in [-0.39, 0.29) is 11.7 Å². The topological polar surface area (TPSA) is 94.8 Å². The van der Waals surface area contributed by atoms with Crippen LogP contribution in [0.25, 0.3) is 16.6 Å². The van der Waals surface area contributed by atoms with Gasteiger partial charge in [0.1, 0.15) is 11.5 Å². The van der Waals surface area contributed by atoms with Gasteiger partial charge in [0.05, 0.1) is 26.8 Å². The van der Waals surface area contributed by atoms with E-state index in [0.29, 0.717) is 46.5 Å². The van der Waals surface area contributed by atoms with Crippen LogP contribution in [0.5, 0.6) is 17.2 Å². The van der Waals surface area contributed by atoms with Gasteiger partial charge in [-0.1, -0.05) is 6.92 Å². The van der Waals surface area contributed by atoms with Gasteiger partial charge in [0.2, 0.25) is 5.95 Å². The Hall–Kier alpha value is -3.66. The first-order valence-corrected chi connectivity index (χ1v) is 11.6. The van der Waals surface area contributed by atoms with Crippen molar-refractivity contribution in [1.82, 2.24) is 24.9 Å². The summed E-state index contributed by atoms with van der Waals surface area (Å²) in [6, 6.07) is 8.64. The second kappa shape index (κ2) is 9.53. The first-order valence-electron chi connectivity index (χ1n) is 11.6. The van der Waals surface area contributed by atoms with Crippen molar-refractivity contribution in [2.75, 3.05) is 39.7 Å². The Kier molecular flexibility index (Phi) is 6.29. The van der Waals surface area contributed by atoms with Crippen LogP contribution in [-0.4, -0.2) is 54.0 Å². The molecule has 2 atom stereocenters. The predicted octanol–water partition coefficient (Wildman–Crippen LogP) is 3.77. The van der Waals surface area contributed by atoms with Gasteiger partial charge in [-0.25, -0.2) is 14.4 Å². The normalized spacial score (nSPS) is 18.1. The molecule has 0 spiro atoms. The van der Waals surface area contributed by atoms with Gasteiger partial charge in [-0.05, 0) is 37.1 Å². The second-order valence-electron chi connectivity index (χ2n) is 8.87. The zero-order chi connectivity index (χ0) is 24.5. The zero-order valence-electron chi connectivity index (χ0n) is 20.3. The number of halogens is 1. The summed E-state index contributed by atoms with van der Waals surface area (Å²) in [6.45, 7) is 4.43. The summed E-state index contributed by atoms with van der Waals surface area (Å²) in [5.74, 6) is 2.98.